The SMILES string of the molecule is CCNC(=NCCC(=O)Nc1ccc(C)cc1Cl)N1CCC(COC)C1.I. The Morgan fingerprint density at radius 2 is 2.22 bits per heavy atom. The van der Waals surface area contributed by atoms with Gasteiger partial charge in [0.05, 0.1) is 23.9 Å². The molecule has 2 N–H and O–H groups in total. The molecule has 1 aromatic rings. The first-order valence-electron chi connectivity index (χ1n) is 9.11. The van der Waals surface area contributed by atoms with Crippen LogP contribution in [0.3, 0.4) is 0 Å². The number of hydrogen-bond acceptors (Lipinski definition) is 3. The third-order valence-corrected chi connectivity index (χ3v) is 4.63. The fourth-order valence-electron chi connectivity index (χ4n) is 3.02. The third-order valence-electron chi connectivity index (χ3n) is 4.32. The van der Waals surface area contributed by atoms with Crippen molar-refractivity contribution in [3.05, 3.63) is 28.8 Å². The molecular formula is C19H30ClIN4O2. The summed E-state index contributed by atoms with van der Waals surface area (Å²) in [4.78, 5) is 19.0. The van der Waals surface area contributed by atoms with E-state index in [1.165, 1.54) is 0 Å². The summed E-state index contributed by atoms with van der Waals surface area (Å²) in [5.41, 5.74) is 1.70. The van der Waals surface area contributed by atoms with Gasteiger partial charge in [-0.05, 0) is 38.0 Å². The lowest BCUT2D eigenvalue weighted by Gasteiger charge is -2.21. The van der Waals surface area contributed by atoms with Gasteiger partial charge >= 0.3 is 0 Å². The summed E-state index contributed by atoms with van der Waals surface area (Å²) in [5, 5.41) is 6.71. The number of likely N-dealkylation sites (tertiary alicyclic amines) is 1. The highest BCUT2D eigenvalue weighted by molar-refractivity contribution is 14.0. The Hall–Kier alpha value is -1.06. The number of ether oxygens (including phenoxy) is 1. The van der Waals surface area contributed by atoms with E-state index in [4.69, 9.17) is 16.3 Å². The molecule has 1 amide bonds. The molecule has 1 saturated heterocycles. The zero-order chi connectivity index (χ0) is 18.9. The number of aryl methyl sites for hydroxylation is 1. The van der Waals surface area contributed by atoms with E-state index in [9.17, 15) is 4.79 Å². The Kier molecular flexibility index (Phi) is 11.0. The predicted octanol–water partition coefficient (Wildman–Crippen LogP) is 3.53. The summed E-state index contributed by atoms with van der Waals surface area (Å²) < 4.78 is 5.25. The number of rotatable bonds is 7. The maximum absolute atomic E-state index is 12.2. The number of hydrogen-bond donors (Lipinski definition) is 2. The third kappa shape index (κ3) is 7.83. The number of anilines is 1. The van der Waals surface area contributed by atoms with E-state index in [0.717, 1.165) is 44.2 Å². The van der Waals surface area contributed by atoms with Crippen LogP contribution in [0.1, 0.15) is 25.3 Å². The standard InChI is InChI=1S/C19H29ClN4O2.HI/c1-4-21-19(24-10-8-15(12-24)13-26-3)22-9-7-18(25)23-17-6-5-14(2)11-16(17)20;/h5-6,11,15H,4,7-10,12-13H2,1-3H3,(H,21,22)(H,23,25);1H. The normalized spacial score (nSPS) is 16.8. The van der Waals surface area contributed by atoms with Gasteiger partial charge in [-0.1, -0.05) is 17.7 Å². The van der Waals surface area contributed by atoms with E-state index in [2.05, 4.69) is 20.5 Å². The number of nitrogens with one attached hydrogen (secondary N) is 2. The van der Waals surface area contributed by atoms with Crippen LogP contribution in [0.25, 0.3) is 0 Å². The van der Waals surface area contributed by atoms with Crippen LogP contribution >= 0.6 is 35.6 Å². The number of methoxy groups -OCH3 is 1. The molecule has 27 heavy (non-hydrogen) atoms. The molecule has 0 spiro atoms. The van der Waals surface area contributed by atoms with Crippen LogP contribution < -0.4 is 10.6 Å². The molecule has 0 aromatic heterocycles. The van der Waals surface area contributed by atoms with Crippen molar-refractivity contribution in [2.45, 2.75) is 26.7 Å². The molecule has 1 heterocycles. The largest absolute Gasteiger partial charge is 0.384 e. The minimum absolute atomic E-state index is 0. The Morgan fingerprint density at radius 3 is 2.89 bits per heavy atom. The first-order chi connectivity index (χ1) is 12.5. The van der Waals surface area contributed by atoms with Gasteiger partial charge in [-0.15, -0.1) is 24.0 Å². The first kappa shape index (κ1) is 24.0. The molecule has 2 rings (SSSR count). The van der Waals surface area contributed by atoms with Gasteiger partial charge in [-0.25, -0.2) is 0 Å². The monoisotopic (exact) mass is 508 g/mol. The van der Waals surface area contributed by atoms with Crippen LogP contribution in [-0.2, 0) is 9.53 Å². The molecular weight excluding hydrogens is 479 g/mol. The quantitative estimate of drug-likeness (QED) is 0.336. The highest BCUT2D eigenvalue weighted by Gasteiger charge is 2.24. The number of amides is 1. The smallest absolute Gasteiger partial charge is 0.226 e. The molecule has 8 heteroatoms. The number of aliphatic imine (C=N–C) groups is 1. The first-order valence-corrected chi connectivity index (χ1v) is 9.49. The fraction of sp³-hybridized carbons (Fsp3) is 0.579. The number of halogens is 2. The van der Waals surface area contributed by atoms with E-state index < -0.39 is 0 Å². The Morgan fingerprint density at radius 1 is 1.44 bits per heavy atom. The van der Waals surface area contributed by atoms with Crippen molar-refractivity contribution >= 4 is 53.1 Å². The average molecular weight is 509 g/mol. The molecule has 0 bridgehead atoms. The van der Waals surface area contributed by atoms with Crippen LogP contribution in [0.4, 0.5) is 5.69 Å². The molecule has 1 aliphatic rings. The van der Waals surface area contributed by atoms with E-state index in [-0.39, 0.29) is 29.9 Å². The fourth-order valence-corrected chi connectivity index (χ4v) is 3.30. The number of benzene rings is 1. The number of carbonyl (C=O) groups excluding carboxylic acids is 1. The second kappa shape index (κ2) is 12.4. The summed E-state index contributed by atoms with van der Waals surface area (Å²) in [6, 6.07) is 5.58. The highest BCUT2D eigenvalue weighted by atomic mass is 127. The number of nitrogens with zero attached hydrogens (tertiary/aromatic N) is 2. The molecule has 6 nitrogen and oxygen atoms in total. The predicted molar refractivity (Wildman–Crippen MR) is 122 cm³/mol. The van der Waals surface area contributed by atoms with Crippen molar-refractivity contribution in [2.75, 3.05) is 45.2 Å². The van der Waals surface area contributed by atoms with Crippen molar-refractivity contribution in [2.24, 2.45) is 10.9 Å². The molecule has 0 radical (unpaired) electrons. The lowest BCUT2D eigenvalue weighted by Crippen LogP contribution is -2.40. The minimum Gasteiger partial charge on any atom is -0.384 e. The van der Waals surface area contributed by atoms with E-state index >= 15 is 0 Å². The summed E-state index contributed by atoms with van der Waals surface area (Å²) >= 11 is 6.16. The van der Waals surface area contributed by atoms with Crippen molar-refractivity contribution < 1.29 is 9.53 Å². The summed E-state index contributed by atoms with van der Waals surface area (Å²) in [6.45, 7) is 7.92. The minimum atomic E-state index is -0.0889. The lowest BCUT2D eigenvalue weighted by molar-refractivity contribution is -0.116. The second-order valence-corrected chi connectivity index (χ2v) is 6.98. The summed E-state index contributed by atoms with van der Waals surface area (Å²) in [7, 11) is 1.74. The van der Waals surface area contributed by atoms with Gasteiger partial charge in [-0.2, -0.15) is 0 Å². The Bertz CT molecular complexity index is 642. The molecule has 1 aliphatic heterocycles. The second-order valence-electron chi connectivity index (χ2n) is 6.57. The van der Waals surface area contributed by atoms with Crippen LogP contribution in [0.2, 0.25) is 5.02 Å². The van der Waals surface area contributed by atoms with Crippen LogP contribution in [0.5, 0.6) is 0 Å². The highest BCUT2D eigenvalue weighted by Crippen LogP contribution is 2.22. The van der Waals surface area contributed by atoms with Gasteiger partial charge in [0.1, 0.15) is 0 Å². The van der Waals surface area contributed by atoms with Crippen molar-refractivity contribution in [1.29, 1.82) is 0 Å². The Labute approximate surface area is 184 Å². The van der Waals surface area contributed by atoms with E-state index in [1.54, 1.807) is 7.11 Å². The molecule has 0 saturated carbocycles. The van der Waals surface area contributed by atoms with Gasteiger partial charge in [0.25, 0.3) is 0 Å². The summed E-state index contributed by atoms with van der Waals surface area (Å²) in [5.74, 6) is 1.32. The van der Waals surface area contributed by atoms with Gasteiger partial charge in [-0.3, -0.25) is 9.79 Å². The molecule has 152 valence electrons. The van der Waals surface area contributed by atoms with Gasteiger partial charge in [0, 0.05) is 39.1 Å². The van der Waals surface area contributed by atoms with Crippen molar-refractivity contribution in [1.82, 2.24) is 10.2 Å². The topological polar surface area (TPSA) is 66.0 Å². The van der Waals surface area contributed by atoms with Crippen molar-refractivity contribution in [3.63, 3.8) is 0 Å². The lowest BCUT2D eigenvalue weighted by atomic mass is 10.1. The van der Waals surface area contributed by atoms with Crippen LogP contribution in [0, 0.1) is 12.8 Å². The van der Waals surface area contributed by atoms with Gasteiger partial charge < -0.3 is 20.3 Å². The molecule has 1 atom stereocenters. The zero-order valence-electron chi connectivity index (χ0n) is 16.3. The van der Waals surface area contributed by atoms with Crippen molar-refractivity contribution in [3.8, 4) is 0 Å². The van der Waals surface area contributed by atoms with E-state index in [1.807, 2.05) is 32.0 Å². The number of guanidine groups is 1. The van der Waals surface area contributed by atoms with Gasteiger partial charge in [0.15, 0.2) is 5.96 Å². The van der Waals surface area contributed by atoms with Crippen LogP contribution in [0.15, 0.2) is 23.2 Å². The Balaban J connectivity index is 0.00000364. The summed E-state index contributed by atoms with van der Waals surface area (Å²) in [6.07, 6.45) is 1.42. The molecule has 1 unspecified atom stereocenters. The maximum atomic E-state index is 12.2. The molecule has 1 aromatic carbocycles. The van der Waals surface area contributed by atoms with Gasteiger partial charge in [0.2, 0.25) is 5.91 Å². The van der Waals surface area contributed by atoms with Crippen LogP contribution in [-0.4, -0.2) is 56.7 Å². The average Bonchev–Trinajstić information content (AvgIpc) is 3.05. The molecule has 0 aliphatic carbocycles. The molecule has 1 fully saturated rings. The zero-order valence-corrected chi connectivity index (χ0v) is 19.3. The maximum Gasteiger partial charge on any atom is 0.226 e. The number of carbonyl (C=O) groups is 1. The van der Waals surface area contributed by atoms with E-state index in [0.29, 0.717) is 29.6 Å².